The average Bonchev–Trinajstić information content (AvgIpc) is 2.67. The minimum atomic E-state index is -0.525. The first kappa shape index (κ1) is 20.1. The maximum absolute atomic E-state index is 12.2. The molecule has 0 heterocycles. The first-order chi connectivity index (χ1) is 12.9. The molecule has 2 amide bonds. The van der Waals surface area contributed by atoms with Crippen LogP contribution < -0.4 is 10.6 Å². The zero-order chi connectivity index (χ0) is 19.8. The average molecular weight is 369 g/mol. The number of hydrogen-bond acceptors (Lipinski definition) is 4. The van der Waals surface area contributed by atoms with E-state index in [1.165, 1.54) is 24.3 Å². The molecular weight excluding hydrogens is 346 g/mol. The van der Waals surface area contributed by atoms with Crippen LogP contribution in [0.3, 0.4) is 0 Å². The summed E-state index contributed by atoms with van der Waals surface area (Å²) < 4.78 is 0. The lowest BCUT2D eigenvalue weighted by molar-refractivity contribution is -0.384. The summed E-state index contributed by atoms with van der Waals surface area (Å²) in [6.45, 7) is 4.37. The molecule has 142 valence electrons. The van der Waals surface area contributed by atoms with Crippen molar-refractivity contribution >= 4 is 23.2 Å². The molecule has 0 aliphatic rings. The van der Waals surface area contributed by atoms with Gasteiger partial charge in [0.05, 0.1) is 4.92 Å². The summed E-state index contributed by atoms with van der Waals surface area (Å²) in [5, 5.41) is 16.2. The molecule has 0 fully saturated rings. The van der Waals surface area contributed by atoms with Gasteiger partial charge in [-0.15, -0.1) is 0 Å². The SMILES string of the molecule is CC[C@H](C)c1ccccc1NC(=O)CCNC(=O)c1ccc([N+](=O)[O-])cc1. The van der Waals surface area contributed by atoms with E-state index in [0.717, 1.165) is 17.7 Å². The molecule has 0 unspecified atom stereocenters. The zero-order valence-electron chi connectivity index (χ0n) is 15.4. The van der Waals surface area contributed by atoms with Crippen LogP contribution in [0.4, 0.5) is 11.4 Å². The number of para-hydroxylation sites is 1. The number of nitrogens with one attached hydrogen (secondary N) is 2. The molecule has 2 rings (SSSR count). The van der Waals surface area contributed by atoms with Gasteiger partial charge in [-0.25, -0.2) is 0 Å². The summed E-state index contributed by atoms with van der Waals surface area (Å²) in [6, 6.07) is 13.0. The number of nitro groups is 1. The van der Waals surface area contributed by atoms with Gasteiger partial charge < -0.3 is 10.6 Å². The van der Waals surface area contributed by atoms with Gasteiger partial charge in [0.15, 0.2) is 0 Å². The van der Waals surface area contributed by atoms with Gasteiger partial charge in [0.25, 0.3) is 11.6 Å². The molecule has 0 aliphatic heterocycles. The smallest absolute Gasteiger partial charge is 0.269 e. The second kappa shape index (κ2) is 9.47. The fourth-order valence-corrected chi connectivity index (χ4v) is 2.60. The lowest BCUT2D eigenvalue weighted by Crippen LogP contribution is -2.27. The molecule has 0 bridgehead atoms. The first-order valence-corrected chi connectivity index (χ1v) is 8.83. The third-order valence-electron chi connectivity index (χ3n) is 4.36. The molecule has 2 N–H and O–H groups in total. The summed E-state index contributed by atoms with van der Waals surface area (Å²) >= 11 is 0. The number of rotatable bonds is 8. The second-order valence-corrected chi connectivity index (χ2v) is 6.25. The van der Waals surface area contributed by atoms with Crippen molar-refractivity contribution in [1.29, 1.82) is 0 Å². The van der Waals surface area contributed by atoms with Crippen LogP contribution in [0.15, 0.2) is 48.5 Å². The number of amides is 2. The second-order valence-electron chi connectivity index (χ2n) is 6.25. The molecule has 27 heavy (non-hydrogen) atoms. The number of hydrogen-bond donors (Lipinski definition) is 2. The summed E-state index contributed by atoms with van der Waals surface area (Å²) in [5.41, 5.74) is 2.11. The van der Waals surface area contributed by atoms with Crippen LogP contribution in [0.2, 0.25) is 0 Å². The van der Waals surface area contributed by atoms with Crippen molar-refractivity contribution in [3.05, 3.63) is 69.8 Å². The molecule has 0 spiro atoms. The maximum Gasteiger partial charge on any atom is 0.269 e. The molecule has 0 saturated carbocycles. The molecule has 0 radical (unpaired) electrons. The van der Waals surface area contributed by atoms with E-state index in [1.807, 2.05) is 24.3 Å². The highest BCUT2D eigenvalue weighted by Gasteiger charge is 2.12. The van der Waals surface area contributed by atoms with E-state index in [0.29, 0.717) is 11.5 Å². The highest BCUT2D eigenvalue weighted by Crippen LogP contribution is 2.26. The van der Waals surface area contributed by atoms with Gasteiger partial charge in [0, 0.05) is 36.3 Å². The van der Waals surface area contributed by atoms with E-state index < -0.39 is 4.92 Å². The lowest BCUT2D eigenvalue weighted by atomic mass is 9.97. The Bertz CT molecular complexity index is 818. The van der Waals surface area contributed by atoms with Gasteiger partial charge in [0.2, 0.25) is 5.91 Å². The summed E-state index contributed by atoms with van der Waals surface area (Å²) in [7, 11) is 0. The summed E-state index contributed by atoms with van der Waals surface area (Å²) in [4.78, 5) is 34.3. The number of nitro benzene ring substituents is 1. The van der Waals surface area contributed by atoms with Crippen molar-refractivity contribution in [1.82, 2.24) is 5.32 Å². The van der Waals surface area contributed by atoms with E-state index in [-0.39, 0.29) is 30.5 Å². The van der Waals surface area contributed by atoms with Gasteiger partial charge in [-0.1, -0.05) is 32.0 Å². The molecule has 2 aromatic carbocycles. The van der Waals surface area contributed by atoms with Crippen LogP contribution in [-0.2, 0) is 4.79 Å². The van der Waals surface area contributed by atoms with Crippen LogP contribution in [0, 0.1) is 10.1 Å². The summed E-state index contributed by atoms with van der Waals surface area (Å²) in [6.07, 6.45) is 1.10. The minimum absolute atomic E-state index is 0.0779. The highest BCUT2D eigenvalue weighted by molar-refractivity contribution is 5.95. The van der Waals surface area contributed by atoms with Crippen LogP contribution in [0.25, 0.3) is 0 Å². The number of anilines is 1. The van der Waals surface area contributed by atoms with E-state index in [4.69, 9.17) is 0 Å². The van der Waals surface area contributed by atoms with Crippen molar-refractivity contribution in [2.75, 3.05) is 11.9 Å². The van der Waals surface area contributed by atoms with Crippen LogP contribution in [-0.4, -0.2) is 23.3 Å². The largest absolute Gasteiger partial charge is 0.352 e. The van der Waals surface area contributed by atoms with Gasteiger partial charge >= 0.3 is 0 Å². The molecule has 7 heteroatoms. The van der Waals surface area contributed by atoms with Crippen molar-refractivity contribution in [2.45, 2.75) is 32.6 Å². The summed E-state index contributed by atoms with van der Waals surface area (Å²) in [5.74, 6) is -0.226. The van der Waals surface area contributed by atoms with E-state index in [1.54, 1.807) is 0 Å². The van der Waals surface area contributed by atoms with Crippen molar-refractivity contribution in [2.24, 2.45) is 0 Å². The zero-order valence-corrected chi connectivity index (χ0v) is 15.4. The first-order valence-electron chi connectivity index (χ1n) is 8.83. The van der Waals surface area contributed by atoms with Crippen LogP contribution >= 0.6 is 0 Å². The molecule has 0 aromatic heterocycles. The topological polar surface area (TPSA) is 101 Å². The number of non-ortho nitro benzene ring substituents is 1. The fourth-order valence-electron chi connectivity index (χ4n) is 2.60. The normalized spacial score (nSPS) is 11.5. The van der Waals surface area contributed by atoms with Crippen molar-refractivity contribution in [3.8, 4) is 0 Å². The maximum atomic E-state index is 12.2. The molecule has 7 nitrogen and oxygen atoms in total. The molecular formula is C20H23N3O4. The van der Waals surface area contributed by atoms with E-state index >= 15 is 0 Å². The Morgan fingerprint density at radius 2 is 1.78 bits per heavy atom. The van der Waals surface area contributed by atoms with Gasteiger partial charge in [0.1, 0.15) is 0 Å². The quantitative estimate of drug-likeness (QED) is 0.545. The highest BCUT2D eigenvalue weighted by atomic mass is 16.6. The molecule has 0 aliphatic carbocycles. The Kier molecular flexibility index (Phi) is 7.05. The predicted octanol–water partition coefficient (Wildman–Crippen LogP) is 3.87. The van der Waals surface area contributed by atoms with E-state index in [9.17, 15) is 19.7 Å². The number of carbonyl (C=O) groups is 2. The number of benzene rings is 2. The van der Waals surface area contributed by atoms with Gasteiger partial charge in [-0.2, -0.15) is 0 Å². The third kappa shape index (κ3) is 5.64. The van der Waals surface area contributed by atoms with Crippen molar-refractivity contribution in [3.63, 3.8) is 0 Å². The minimum Gasteiger partial charge on any atom is -0.352 e. The molecule has 1 atom stereocenters. The van der Waals surface area contributed by atoms with Crippen LogP contribution in [0.5, 0.6) is 0 Å². The third-order valence-corrected chi connectivity index (χ3v) is 4.36. The lowest BCUT2D eigenvalue weighted by Gasteiger charge is -2.15. The Balaban J connectivity index is 1.86. The van der Waals surface area contributed by atoms with E-state index in [2.05, 4.69) is 24.5 Å². The standard InChI is InChI=1S/C20H23N3O4/c1-3-14(2)17-6-4-5-7-18(17)22-19(24)12-13-21-20(25)15-8-10-16(11-9-15)23(26)27/h4-11,14H,3,12-13H2,1-2H3,(H,21,25)(H,22,24)/t14-/m0/s1. The number of carbonyl (C=O) groups excluding carboxylic acids is 2. The monoisotopic (exact) mass is 369 g/mol. The predicted molar refractivity (Wildman–Crippen MR) is 104 cm³/mol. The van der Waals surface area contributed by atoms with Gasteiger partial charge in [-0.05, 0) is 36.1 Å². The van der Waals surface area contributed by atoms with Crippen LogP contribution in [0.1, 0.15) is 48.5 Å². The Labute approximate surface area is 157 Å². The van der Waals surface area contributed by atoms with Gasteiger partial charge in [-0.3, -0.25) is 19.7 Å². The number of nitrogens with zero attached hydrogens (tertiary/aromatic N) is 1. The fraction of sp³-hybridized carbons (Fsp3) is 0.300. The molecule has 2 aromatic rings. The Hall–Kier alpha value is -3.22. The Morgan fingerprint density at radius 3 is 2.41 bits per heavy atom. The molecule has 0 saturated heterocycles. The Morgan fingerprint density at radius 1 is 1.11 bits per heavy atom. The van der Waals surface area contributed by atoms with Crippen molar-refractivity contribution < 1.29 is 14.5 Å².